The number of unbranched alkanes of at least 4 members (excludes halogenated alkanes) is 3. The van der Waals surface area contributed by atoms with E-state index in [1.807, 2.05) is 11.3 Å². The van der Waals surface area contributed by atoms with E-state index in [1.54, 1.807) is 0 Å². The van der Waals surface area contributed by atoms with E-state index in [9.17, 15) is 0 Å². The van der Waals surface area contributed by atoms with Crippen molar-refractivity contribution in [3.05, 3.63) is 41.2 Å². The Balaban J connectivity index is 0.000000352. The Morgan fingerprint density at radius 1 is 1.19 bits per heavy atom. The molecule has 2 N–H and O–H groups in total. The van der Waals surface area contributed by atoms with E-state index >= 15 is 0 Å². The van der Waals surface area contributed by atoms with Gasteiger partial charge in [0.1, 0.15) is 0 Å². The van der Waals surface area contributed by atoms with Crippen molar-refractivity contribution in [1.82, 2.24) is 9.38 Å². The van der Waals surface area contributed by atoms with Crippen LogP contribution < -0.4 is 0 Å². The summed E-state index contributed by atoms with van der Waals surface area (Å²) in [4.78, 5) is 25.6. The molecule has 140 valence electrons. The van der Waals surface area contributed by atoms with Crippen molar-refractivity contribution in [2.24, 2.45) is 0 Å². The lowest BCUT2D eigenvalue weighted by atomic mass is 10.0. The Morgan fingerprint density at radius 3 is 2.54 bits per heavy atom. The first kappa shape index (κ1) is 19.9. The molecule has 0 aromatic carbocycles. The standard InChI is InChI=1S/C17H22N2S.C2H2O4/c1-2-3-4-8-11-15-12-19-13-16(18-17(19)20-15)14-9-6-5-7-10-14;3-1(4)2(5)6/h5-6,9,12-13H,2-4,7-8,10-11H2,1H3;(H,3,4)(H,5,6). The van der Waals surface area contributed by atoms with E-state index in [1.165, 1.54) is 42.6 Å². The van der Waals surface area contributed by atoms with Gasteiger partial charge in [-0.05, 0) is 31.3 Å². The summed E-state index contributed by atoms with van der Waals surface area (Å²) in [6.45, 7) is 2.26. The van der Waals surface area contributed by atoms with Crippen molar-refractivity contribution in [2.75, 3.05) is 0 Å². The second kappa shape index (κ2) is 9.91. The van der Waals surface area contributed by atoms with Gasteiger partial charge in [0.15, 0.2) is 4.96 Å². The molecular weight excluding hydrogens is 352 g/mol. The lowest BCUT2D eigenvalue weighted by Gasteiger charge is -2.04. The van der Waals surface area contributed by atoms with Crippen LogP contribution >= 0.6 is 11.3 Å². The van der Waals surface area contributed by atoms with Crippen LogP contribution in [0.3, 0.4) is 0 Å². The summed E-state index contributed by atoms with van der Waals surface area (Å²) in [5, 5.41) is 14.8. The number of fused-ring (bicyclic) bond motifs is 1. The molecule has 0 unspecified atom stereocenters. The van der Waals surface area contributed by atoms with Crippen LogP contribution in [0, 0.1) is 0 Å². The van der Waals surface area contributed by atoms with Crippen molar-refractivity contribution in [2.45, 2.75) is 51.9 Å². The summed E-state index contributed by atoms with van der Waals surface area (Å²) in [5.74, 6) is -3.65. The second-order valence-corrected chi connectivity index (χ2v) is 7.19. The molecule has 6 nitrogen and oxygen atoms in total. The monoisotopic (exact) mass is 376 g/mol. The number of hydrogen-bond donors (Lipinski definition) is 2. The predicted octanol–water partition coefficient (Wildman–Crippen LogP) is 4.41. The third-order valence-corrected chi connectivity index (χ3v) is 5.06. The van der Waals surface area contributed by atoms with Gasteiger partial charge < -0.3 is 10.2 Å². The molecule has 3 rings (SSSR count). The fourth-order valence-corrected chi connectivity index (χ4v) is 3.66. The van der Waals surface area contributed by atoms with Gasteiger partial charge in [-0.3, -0.25) is 4.40 Å². The lowest BCUT2D eigenvalue weighted by Crippen LogP contribution is -2.09. The number of nitrogens with zero attached hydrogens (tertiary/aromatic N) is 2. The molecule has 1 aliphatic rings. The quantitative estimate of drug-likeness (QED) is 0.575. The second-order valence-electron chi connectivity index (χ2n) is 6.09. The van der Waals surface area contributed by atoms with E-state index in [0.29, 0.717) is 0 Å². The number of aliphatic carboxylic acids is 2. The topological polar surface area (TPSA) is 91.9 Å². The molecule has 26 heavy (non-hydrogen) atoms. The highest BCUT2D eigenvalue weighted by atomic mass is 32.1. The number of carboxylic acid groups (broad SMARTS) is 2. The minimum Gasteiger partial charge on any atom is -0.473 e. The number of aromatic nitrogens is 2. The van der Waals surface area contributed by atoms with Gasteiger partial charge in [-0.2, -0.15) is 0 Å². The fourth-order valence-electron chi connectivity index (χ4n) is 2.66. The summed E-state index contributed by atoms with van der Waals surface area (Å²) in [5.41, 5.74) is 2.52. The molecule has 0 fully saturated rings. The first-order valence-corrected chi connectivity index (χ1v) is 9.62. The van der Waals surface area contributed by atoms with Gasteiger partial charge >= 0.3 is 11.9 Å². The SMILES string of the molecule is CCCCCCc1cn2cc(C3=CC=CCC3)nc2s1.O=C(O)C(=O)O. The third-order valence-electron chi connectivity index (χ3n) is 4.01. The van der Waals surface area contributed by atoms with Gasteiger partial charge in [0.2, 0.25) is 0 Å². The fraction of sp³-hybridized carbons (Fsp3) is 0.421. The van der Waals surface area contributed by atoms with Crippen molar-refractivity contribution < 1.29 is 19.8 Å². The molecule has 0 aliphatic heterocycles. The zero-order valence-corrected chi connectivity index (χ0v) is 15.7. The summed E-state index contributed by atoms with van der Waals surface area (Å²) in [7, 11) is 0. The number of allylic oxidation sites excluding steroid dienone is 4. The summed E-state index contributed by atoms with van der Waals surface area (Å²) in [6.07, 6.45) is 19.8. The minimum absolute atomic E-state index is 1.12. The number of rotatable bonds is 6. The van der Waals surface area contributed by atoms with Gasteiger partial charge in [0, 0.05) is 17.3 Å². The van der Waals surface area contributed by atoms with Gasteiger partial charge in [0.05, 0.1) is 5.69 Å². The Hall–Kier alpha value is -2.41. The maximum Gasteiger partial charge on any atom is 0.414 e. The van der Waals surface area contributed by atoms with Crippen molar-refractivity contribution >= 4 is 33.8 Å². The molecule has 2 aromatic rings. The number of hydrogen-bond acceptors (Lipinski definition) is 4. The molecule has 0 atom stereocenters. The maximum absolute atomic E-state index is 9.10. The lowest BCUT2D eigenvalue weighted by molar-refractivity contribution is -0.159. The van der Waals surface area contributed by atoms with E-state index < -0.39 is 11.9 Å². The number of aryl methyl sites for hydroxylation is 1. The molecule has 7 heteroatoms. The van der Waals surface area contributed by atoms with Gasteiger partial charge in [0.25, 0.3) is 0 Å². The van der Waals surface area contributed by atoms with Gasteiger partial charge in [-0.1, -0.05) is 44.4 Å². The highest BCUT2D eigenvalue weighted by molar-refractivity contribution is 7.17. The van der Waals surface area contributed by atoms with Crippen molar-refractivity contribution in [3.8, 4) is 0 Å². The van der Waals surface area contributed by atoms with E-state index in [2.05, 4.69) is 41.9 Å². The Labute approximate surface area is 156 Å². The average Bonchev–Trinajstić information content (AvgIpc) is 3.18. The normalized spacial score (nSPS) is 13.2. The van der Waals surface area contributed by atoms with E-state index in [0.717, 1.165) is 23.5 Å². The third kappa shape index (κ3) is 5.84. The number of thiazole rings is 1. The summed E-state index contributed by atoms with van der Waals surface area (Å²) in [6, 6.07) is 0. The molecular formula is C19H24N2O4S. The van der Waals surface area contributed by atoms with Crippen LogP contribution in [0.4, 0.5) is 0 Å². The van der Waals surface area contributed by atoms with Crippen LogP contribution in [0.1, 0.15) is 56.0 Å². The van der Waals surface area contributed by atoms with Gasteiger partial charge in [-0.15, -0.1) is 11.3 Å². The molecule has 0 radical (unpaired) electrons. The molecule has 0 bridgehead atoms. The Bertz CT molecular complexity index is 773. The van der Waals surface area contributed by atoms with Crippen LogP contribution in [-0.4, -0.2) is 31.5 Å². The molecule has 0 saturated heterocycles. The maximum atomic E-state index is 9.10. The summed E-state index contributed by atoms with van der Waals surface area (Å²) >= 11 is 1.85. The number of carboxylic acids is 2. The largest absolute Gasteiger partial charge is 0.473 e. The molecule has 2 aromatic heterocycles. The highest BCUT2D eigenvalue weighted by Crippen LogP contribution is 2.26. The first-order chi connectivity index (χ1) is 12.5. The molecule has 0 spiro atoms. The van der Waals surface area contributed by atoms with E-state index in [4.69, 9.17) is 24.8 Å². The predicted molar refractivity (Wildman–Crippen MR) is 103 cm³/mol. The number of carbonyl (C=O) groups is 2. The van der Waals surface area contributed by atoms with Crippen LogP contribution in [0.5, 0.6) is 0 Å². The summed E-state index contributed by atoms with van der Waals surface area (Å²) < 4.78 is 2.20. The van der Waals surface area contributed by atoms with Crippen molar-refractivity contribution in [1.29, 1.82) is 0 Å². The highest BCUT2D eigenvalue weighted by Gasteiger charge is 2.10. The minimum atomic E-state index is -1.82. The molecule has 2 heterocycles. The zero-order chi connectivity index (χ0) is 18.9. The molecule has 1 aliphatic carbocycles. The van der Waals surface area contributed by atoms with Crippen LogP contribution in [0.2, 0.25) is 0 Å². The zero-order valence-electron chi connectivity index (χ0n) is 14.9. The van der Waals surface area contributed by atoms with Crippen LogP contribution in [-0.2, 0) is 16.0 Å². The van der Waals surface area contributed by atoms with Crippen LogP contribution in [0.25, 0.3) is 10.5 Å². The number of imidazole rings is 1. The molecule has 0 amide bonds. The van der Waals surface area contributed by atoms with E-state index in [-0.39, 0.29) is 0 Å². The van der Waals surface area contributed by atoms with Crippen molar-refractivity contribution in [3.63, 3.8) is 0 Å². The Morgan fingerprint density at radius 2 is 1.96 bits per heavy atom. The molecule has 0 saturated carbocycles. The van der Waals surface area contributed by atoms with Crippen LogP contribution in [0.15, 0.2) is 30.6 Å². The first-order valence-electron chi connectivity index (χ1n) is 8.81. The smallest absolute Gasteiger partial charge is 0.414 e. The average molecular weight is 376 g/mol. The van der Waals surface area contributed by atoms with Gasteiger partial charge in [-0.25, -0.2) is 14.6 Å². The Kier molecular flexibility index (Phi) is 7.59.